The zero-order valence-electron chi connectivity index (χ0n) is 24.1. The number of aromatic nitrogens is 1. The average Bonchev–Trinajstić information content (AvgIpc) is 3.51. The third-order valence-corrected chi connectivity index (χ3v) is 6.92. The molecule has 2 heterocycles. The number of hydrogen-bond donors (Lipinski definition) is 1. The fourth-order valence-electron chi connectivity index (χ4n) is 4.77. The normalized spacial score (nSPS) is 13.0. The number of hydrogen-bond acceptors (Lipinski definition) is 7. The Morgan fingerprint density at radius 2 is 1.76 bits per heavy atom. The van der Waals surface area contributed by atoms with Crippen LogP contribution in [0.3, 0.4) is 0 Å². The zero-order chi connectivity index (χ0) is 30.2. The van der Waals surface area contributed by atoms with Crippen LogP contribution in [0.25, 0.3) is 10.9 Å². The molecular weight excluding hydrogens is 558 g/mol. The van der Waals surface area contributed by atoms with Gasteiger partial charge in [0.25, 0.3) is 0 Å². The van der Waals surface area contributed by atoms with Crippen molar-refractivity contribution in [1.29, 1.82) is 0 Å². The molecule has 0 aliphatic carbocycles. The standard InChI is InChI=1S/C32H32ClN3O6/c1-6-35(31(39)42-32(3,4)5)17-20-7-11-23(12-8-20)34-29(21-9-14-26-27(15-21)41-18-40-26)28-24-13-10-22(33)16-25(24)36(19(2)37)30(28)38/h7-16,38H,6,17-18H2,1-5H3. The molecule has 0 atom stereocenters. The number of fused-ring (bicyclic) bond motifs is 2. The first kappa shape index (κ1) is 29.0. The lowest BCUT2D eigenvalue weighted by molar-refractivity contribution is 0.0244. The Morgan fingerprint density at radius 1 is 1.05 bits per heavy atom. The van der Waals surface area contributed by atoms with Gasteiger partial charge in [-0.25, -0.2) is 9.79 Å². The maximum atomic E-state index is 12.6. The van der Waals surface area contributed by atoms with Gasteiger partial charge < -0.3 is 24.2 Å². The second-order valence-corrected chi connectivity index (χ2v) is 11.3. The summed E-state index contributed by atoms with van der Waals surface area (Å²) in [5, 5.41) is 12.4. The van der Waals surface area contributed by atoms with Crippen LogP contribution >= 0.6 is 11.6 Å². The van der Waals surface area contributed by atoms with Gasteiger partial charge in [0.15, 0.2) is 11.5 Å². The quantitative estimate of drug-likeness (QED) is 0.236. The van der Waals surface area contributed by atoms with Crippen LogP contribution in [0.5, 0.6) is 17.4 Å². The molecule has 42 heavy (non-hydrogen) atoms. The summed E-state index contributed by atoms with van der Waals surface area (Å²) in [7, 11) is 0. The third kappa shape index (κ3) is 5.92. The molecule has 1 aliphatic heterocycles. The molecule has 1 aliphatic rings. The van der Waals surface area contributed by atoms with Crippen molar-refractivity contribution in [2.45, 2.75) is 46.8 Å². The van der Waals surface area contributed by atoms with Crippen LogP contribution in [0.2, 0.25) is 5.02 Å². The molecule has 4 aromatic rings. The van der Waals surface area contributed by atoms with Gasteiger partial charge in [-0.15, -0.1) is 0 Å². The lowest BCUT2D eigenvalue weighted by Gasteiger charge is -2.26. The molecule has 9 nitrogen and oxygen atoms in total. The van der Waals surface area contributed by atoms with Crippen molar-refractivity contribution < 1.29 is 28.9 Å². The van der Waals surface area contributed by atoms with Crippen molar-refractivity contribution in [2.24, 2.45) is 4.99 Å². The molecule has 0 saturated heterocycles. The van der Waals surface area contributed by atoms with Crippen LogP contribution in [0.4, 0.5) is 10.5 Å². The molecule has 3 aromatic carbocycles. The number of rotatable bonds is 6. The average molecular weight is 590 g/mol. The fourth-order valence-corrected chi connectivity index (χ4v) is 4.93. The van der Waals surface area contributed by atoms with Crippen LogP contribution < -0.4 is 9.47 Å². The SMILES string of the molecule is CCN(Cc1ccc(N=C(c2ccc3c(c2)OCO3)c2c(O)n(C(C)=O)c3cc(Cl)ccc23)cc1)C(=O)OC(C)(C)C. The summed E-state index contributed by atoms with van der Waals surface area (Å²) in [6.45, 7) is 9.76. The molecule has 218 valence electrons. The predicted molar refractivity (Wildman–Crippen MR) is 162 cm³/mol. The van der Waals surface area contributed by atoms with E-state index >= 15 is 0 Å². The van der Waals surface area contributed by atoms with E-state index in [-0.39, 0.29) is 24.7 Å². The van der Waals surface area contributed by atoms with Crippen LogP contribution in [0.1, 0.15) is 56.1 Å². The van der Waals surface area contributed by atoms with E-state index in [1.807, 2.05) is 58.0 Å². The van der Waals surface area contributed by atoms with E-state index < -0.39 is 5.60 Å². The Bertz CT molecular complexity index is 1700. The van der Waals surface area contributed by atoms with E-state index in [4.69, 9.17) is 30.8 Å². The summed E-state index contributed by atoms with van der Waals surface area (Å²) in [4.78, 5) is 31.8. The van der Waals surface area contributed by atoms with Crippen molar-refractivity contribution in [2.75, 3.05) is 13.3 Å². The van der Waals surface area contributed by atoms with Gasteiger partial charge in [-0.1, -0.05) is 29.8 Å². The Balaban J connectivity index is 1.58. The van der Waals surface area contributed by atoms with E-state index in [1.165, 1.54) is 11.5 Å². The molecule has 0 saturated carbocycles. The molecule has 0 bridgehead atoms. The van der Waals surface area contributed by atoms with Crippen LogP contribution in [-0.4, -0.2) is 51.2 Å². The molecule has 0 fully saturated rings. The van der Waals surface area contributed by atoms with Crippen molar-refractivity contribution in [3.05, 3.63) is 82.4 Å². The topological polar surface area (TPSA) is 103 Å². The maximum Gasteiger partial charge on any atom is 0.410 e. The largest absolute Gasteiger partial charge is 0.494 e. The number of benzene rings is 3. The number of halogens is 1. The van der Waals surface area contributed by atoms with Gasteiger partial charge >= 0.3 is 6.09 Å². The maximum absolute atomic E-state index is 12.6. The molecule has 10 heteroatoms. The molecular formula is C32H32ClN3O6. The molecule has 1 N–H and O–H groups in total. The zero-order valence-corrected chi connectivity index (χ0v) is 24.9. The minimum atomic E-state index is -0.587. The van der Waals surface area contributed by atoms with E-state index in [0.29, 0.717) is 63.0 Å². The monoisotopic (exact) mass is 589 g/mol. The van der Waals surface area contributed by atoms with Crippen molar-refractivity contribution in [1.82, 2.24) is 9.47 Å². The Hall–Kier alpha value is -4.50. The summed E-state index contributed by atoms with van der Waals surface area (Å²) in [6.07, 6.45) is -0.380. The van der Waals surface area contributed by atoms with E-state index in [1.54, 1.807) is 35.2 Å². The minimum absolute atomic E-state index is 0.109. The summed E-state index contributed by atoms with van der Waals surface area (Å²) < 4.78 is 17.8. The number of carbonyl (C=O) groups is 2. The van der Waals surface area contributed by atoms with Gasteiger partial charge in [0.2, 0.25) is 18.6 Å². The molecule has 0 unspecified atom stereocenters. The van der Waals surface area contributed by atoms with E-state index in [2.05, 4.69) is 0 Å². The lowest BCUT2D eigenvalue weighted by atomic mass is 10.00. The summed E-state index contributed by atoms with van der Waals surface area (Å²) in [6, 6.07) is 18.0. The van der Waals surface area contributed by atoms with Gasteiger partial charge in [0.05, 0.1) is 22.5 Å². The van der Waals surface area contributed by atoms with Crippen LogP contribution in [0.15, 0.2) is 65.7 Å². The van der Waals surface area contributed by atoms with Gasteiger partial charge in [0.1, 0.15) is 5.60 Å². The van der Waals surface area contributed by atoms with Gasteiger partial charge in [0, 0.05) is 36.0 Å². The number of amides is 1. The van der Waals surface area contributed by atoms with Crippen molar-refractivity contribution in [3.8, 4) is 17.4 Å². The van der Waals surface area contributed by atoms with E-state index in [0.717, 1.165) is 5.56 Å². The smallest absolute Gasteiger partial charge is 0.410 e. The summed E-state index contributed by atoms with van der Waals surface area (Å²) in [5.41, 5.74) is 2.83. The Kier molecular flexibility index (Phi) is 7.88. The van der Waals surface area contributed by atoms with Crippen molar-refractivity contribution in [3.63, 3.8) is 0 Å². The number of nitrogens with zero attached hydrogens (tertiary/aromatic N) is 3. The highest BCUT2D eigenvalue weighted by atomic mass is 35.5. The fraction of sp³-hybridized carbons (Fsp3) is 0.281. The highest BCUT2D eigenvalue weighted by molar-refractivity contribution is 6.32. The van der Waals surface area contributed by atoms with Gasteiger partial charge in [-0.2, -0.15) is 0 Å². The molecule has 0 radical (unpaired) electrons. The highest BCUT2D eigenvalue weighted by Crippen LogP contribution is 2.39. The number of ether oxygens (including phenoxy) is 3. The number of carbonyl (C=O) groups excluding carboxylic acids is 2. The molecule has 5 rings (SSSR count). The second-order valence-electron chi connectivity index (χ2n) is 10.9. The Morgan fingerprint density at radius 3 is 2.43 bits per heavy atom. The van der Waals surface area contributed by atoms with Crippen molar-refractivity contribution >= 4 is 45.9 Å². The summed E-state index contributed by atoms with van der Waals surface area (Å²) >= 11 is 6.26. The van der Waals surface area contributed by atoms with Crippen LogP contribution in [-0.2, 0) is 11.3 Å². The first-order chi connectivity index (χ1) is 19.9. The molecule has 1 aromatic heterocycles. The molecule has 1 amide bonds. The lowest BCUT2D eigenvalue weighted by Crippen LogP contribution is -2.36. The van der Waals surface area contributed by atoms with E-state index in [9.17, 15) is 14.7 Å². The first-order valence-electron chi connectivity index (χ1n) is 13.5. The third-order valence-electron chi connectivity index (χ3n) is 6.69. The highest BCUT2D eigenvalue weighted by Gasteiger charge is 2.26. The van der Waals surface area contributed by atoms with Crippen LogP contribution in [0, 0.1) is 0 Å². The number of aromatic hydroxyl groups is 1. The molecule has 0 spiro atoms. The summed E-state index contributed by atoms with van der Waals surface area (Å²) in [5.74, 6) is 0.542. The number of aliphatic imine (C=N–C) groups is 1. The van der Waals surface area contributed by atoms with Gasteiger partial charge in [-0.05, 0) is 75.7 Å². The predicted octanol–water partition coefficient (Wildman–Crippen LogP) is 7.32. The Labute approximate surface area is 248 Å². The minimum Gasteiger partial charge on any atom is -0.494 e. The second kappa shape index (κ2) is 11.4. The van der Waals surface area contributed by atoms with Gasteiger partial charge in [-0.3, -0.25) is 9.36 Å². The first-order valence-corrected chi connectivity index (χ1v) is 13.9.